The van der Waals surface area contributed by atoms with Crippen LogP contribution in [0.3, 0.4) is 0 Å². The third-order valence-electron chi connectivity index (χ3n) is 4.22. The van der Waals surface area contributed by atoms with Gasteiger partial charge in [0.15, 0.2) is 0 Å². The van der Waals surface area contributed by atoms with Crippen LogP contribution in [0.15, 0.2) is 85.2 Å². The zero-order valence-electron chi connectivity index (χ0n) is 16.5. The number of pyridine rings is 1. The molecule has 1 amide bonds. The lowest BCUT2D eigenvalue weighted by Crippen LogP contribution is -2.23. The maximum absolute atomic E-state index is 12.3. The van der Waals surface area contributed by atoms with Crippen molar-refractivity contribution in [1.29, 1.82) is 0 Å². The topological polar surface area (TPSA) is 92.4 Å². The van der Waals surface area contributed by atoms with Crippen LogP contribution >= 0.6 is 0 Å². The Bertz CT molecular complexity index is 1000. The number of benzene rings is 2. The second kappa shape index (κ2) is 10.4. The number of nitrogens with zero attached hydrogens (tertiary/aromatic N) is 1. The molecule has 30 heavy (non-hydrogen) atoms. The van der Waals surface area contributed by atoms with Gasteiger partial charge in [-0.1, -0.05) is 36.4 Å². The summed E-state index contributed by atoms with van der Waals surface area (Å²) in [7, 11) is 1.31. The number of amides is 1. The van der Waals surface area contributed by atoms with Crippen molar-refractivity contribution >= 4 is 23.1 Å². The summed E-state index contributed by atoms with van der Waals surface area (Å²) in [6.07, 6.45) is 3.08. The fourth-order valence-electron chi connectivity index (χ4n) is 2.65. The molecular formula is C23H22N4O3. The van der Waals surface area contributed by atoms with Crippen molar-refractivity contribution in [3.8, 4) is 0 Å². The molecule has 0 radical (unpaired) electrons. The van der Waals surface area contributed by atoms with Crippen LogP contribution in [0.5, 0.6) is 0 Å². The Morgan fingerprint density at radius 2 is 1.70 bits per heavy atom. The second-order valence-corrected chi connectivity index (χ2v) is 6.28. The van der Waals surface area contributed by atoms with Crippen molar-refractivity contribution in [2.24, 2.45) is 0 Å². The van der Waals surface area contributed by atoms with Crippen LogP contribution in [0.1, 0.15) is 21.6 Å². The number of hydrogen-bond acceptors (Lipinski definition) is 6. The van der Waals surface area contributed by atoms with Crippen molar-refractivity contribution in [1.82, 2.24) is 15.7 Å². The van der Waals surface area contributed by atoms with Crippen molar-refractivity contribution in [2.75, 3.05) is 12.5 Å². The van der Waals surface area contributed by atoms with E-state index in [2.05, 4.69) is 21.2 Å². The van der Waals surface area contributed by atoms with Gasteiger partial charge in [0, 0.05) is 24.5 Å². The average molecular weight is 402 g/mol. The molecule has 3 N–H and O–H groups in total. The van der Waals surface area contributed by atoms with Gasteiger partial charge >= 0.3 is 5.97 Å². The first-order valence-corrected chi connectivity index (χ1v) is 9.31. The molecule has 1 aromatic heterocycles. The minimum absolute atomic E-state index is 0.151. The lowest BCUT2D eigenvalue weighted by atomic mass is 10.2. The van der Waals surface area contributed by atoms with E-state index in [1.165, 1.54) is 13.3 Å². The van der Waals surface area contributed by atoms with E-state index in [-0.39, 0.29) is 11.5 Å². The standard InChI is InChI=1S/C23H22N4O3/c1-30-23(29)20(21-9-5-6-14-24-21)16-26-27-19-12-10-18(11-13-19)22(28)25-15-17-7-3-2-4-8-17/h2-14,16,26-27H,15H2,1H3,(H,25,28)/b20-16+. The highest BCUT2D eigenvalue weighted by atomic mass is 16.5. The number of rotatable bonds is 8. The van der Waals surface area contributed by atoms with Crippen LogP contribution in [0, 0.1) is 0 Å². The van der Waals surface area contributed by atoms with Crippen molar-refractivity contribution in [3.63, 3.8) is 0 Å². The molecule has 0 saturated heterocycles. The fraction of sp³-hybridized carbons (Fsp3) is 0.0870. The van der Waals surface area contributed by atoms with Gasteiger partial charge in [-0.15, -0.1) is 0 Å². The van der Waals surface area contributed by atoms with E-state index in [1.807, 2.05) is 30.3 Å². The van der Waals surface area contributed by atoms with Crippen LogP contribution in [0.4, 0.5) is 5.69 Å². The van der Waals surface area contributed by atoms with Crippen molar-refractivity contribution < 1.29 is 14.3 Å². The normalized spacial score (nSPS) is 10.8. The SMILES string of the molecule is COC(=O)/C(=C/NNc1ccc(C(=O)NCc2ccccc2)cc1)c1ccccn1. The third kappa shape index (κ3) is 5.68. The molecule has 3 aromatic rings. The number of esters is 1. The quantitative estimate of drug-likeness (QED) is 0.305. The second-order valence-electron chi connectivity index (χ2n) is 6.28. The van der Waals surface area contributed by atoms with Gasteiger partial charge in [0.1, 0.15) is 5.57 Å². The molecule has 0 saturated carbocycles. The summed E-state index contributed by atoms with van der Waals surface area (Å²) in [5.41, 5.74) is 8.89. The lowest BCUT2D eigenvalue weighted by molar-refractivity contribution is -0.133. The highest BCUT2D eigenvalue weighted by molar-refractivity contribution is 6.15. The van der Waals surface area contributed by atoms with Crippen LogP contribution in [-0.4, -0.2) is 24.0 Å². The number of hydrazine groups is 1. The van der Waals surface area contributed by atoms with Gasteiger partial charge in [-0.25, -0.2) is 4.79 Å². The Balaban J connectivity index is 1.57. The van der Waals surface area contributed by atoms with E-state index in [9.17, 15) is 9.59 Å². The molecule has 0 atom stereocenters. The van der Waals surface area contributed by atoms with Gasteiger partial charge in [-0.3, -0.25) is 9.78 Å². The average Bonchev–Trinajstić information content (AvgIpc) is 2.81. The number of ether oxygens (including phenoxy) is 1. The summed E-state index contributed by atoms with van der Waals surface area (Å²) in [5.74, 6) is -0.658. The molecule has 0 aliphatic rings. The van der Waals surface area contributed by atoms with Gasteiger partial charge in [-0.2, -0.15) is 0 Å². The predicted octanol–water partition coefficient (Wildman–Crippen LogP) is 3.14. The summed E-state index contributed by atoms with van der Waals surface area (Å²) >= 11 is 0. The molecule has 0 fully saturated rings. The number of carbonyl (C=O) groups is 2. The first-order valence-electron chi connectivity index (χ1n) is 9.31. The van der Waals surface area contributed by atoms with Gasteiger partial charge in [-0.05, 0) is 42.0 Å². The van der Waals surface area contributed by atoms with Crippen molar-refractivity contribution in [2.45, 2.75) is 6.54 Å². The minimum Gasteiger partial charge on any atom is -0.465 e. The number of carbonyl (C=O) groups excluding carboxylic acids is 2. The number of aromatic nitrogens is 1. The monoisotopic (exact) mass is 402 g/mol. The molecule has 3 rings (SSSR count). The van der Waals surface area contributed by atoms with E-state index < -0.39 is 5.97 Å². The molecular weight excluding hydrogens is 380 g/mol. The molecule has 0 bridgehead atoms. The Labute approximate surface area is 174 Å². The molecule has 7 heteroatoms. The molecule has 0 aliphatic carbocycles. The van der Waals surface area contributed by atoms with Gasteiger partial charge in [0.2, 0.25) is 0 Å². The lowest BCUT2D eigenvalue weighted by Gasteiger charge is -2.10. The molecule has 0 spiro atoms. The Hall–Kier alpha value is -4.13. The first kappa shape index (κ1) is 20.6. The zero-order chi connectivity index (χ0) is 21.2. The maximum Gasteiger partial charge on any atom is 0.341 e. The molecule has 0 unspecified atom stereocenters. The van der Waals surface area contributed by atoms with Gasteiger partial charge in [0.25, 0.3) is 5.91 Å². The van der Waals surface area contributed by atoms with E-state index in [1.54, 1.807) is 48.7 Å². The molecule has 1 heterocycles. The van der Waals surface area contributed by atoms with Crippen LogP contribution < -0.4 is 16.2 Å². The highest BCUT2D eigenvalue weighted by Crippen LogP contribution is 2.13. The Morgan fingerprint density at radius 1 is 0.967 bits per heavy atom. The summed E-state index contributed by atoms with van der Waals surface area (Å²) in [5, 5.41) is 2.89. The van der Waals surface area contributed by atoms with E-state index in [4.69, 9.17) is 4.74 Å². The summed E-state index contributed by atoms with van der Waals surface area (Å²) in [4.78, 5) is 28.4. The summed E-state index contributed by atoms with van der Waals surface area (Å²) in [6.45, 7) is 0.468. The van der Waals surface area contributed by atoms with E-state index >= 15 is 0 Å². The van der Waals surface area contributed by atoms with E-state index in [0.717, 1.165) is 11.3 Å². The Kier molecular flexibility index (Phi) is 7.16. The molecule has 2 aromatic carbocycles. The Morgan fingerprint density at radius 3 is 2.37 bits per heavy atom. The largest absolute Gasteiger partial charge is 0.465 e. The number of nitrogens with one attached hydrogen (secondary N) is 3. The molecule has 7 nitrogen and oxygen atoms in total. The van der Waals surface area contributed by atoms with Gasteiger partial charge < -0.3 is 20.9 Å². The smallest absolute Gasteiger partial charge is 0.341 e. The van der Waals surface area contributed by atoms with Crippen LogP contribution in [0.2, 0.25) is 0 Å². The van der Waals surface area contributed by atoms with Crippen LogP contribution in [0.25, 0.3) is 5.57 Å². The third-order valence-corrected chi connectivity index (χ3v) is 4.22. The van der Waals surface area contributed by atoms with E-state index in [0.29, 0.717) is 17.8 Å². The highest BCUT2D eigenvalue weighted by Gasteiger charge is 2.13. The fourth-order valence-corrected chi connectivity index (χ4v) is 2.65. The molecule has 0 aliphatic heterocycles. The van der Waals surface area contributed by atoms with Crippen LogP contribution in [-0.2, 0) is 16.1 Å². The predicted molar refractivity (Wildman–Crippen MR) is 115 cm³/mol. The summed E-state index contributed by atoms with van der Waals surface area (Å²) in [6, 6.07) is 21.9. The van der Waals surface area contributed by atoms with Crippen molar-refractivity contribution in [3.05, 3.63) is 102 Å². The van der Waals surface area contributed by atoms with Gasteiger partial charge in [0.05, 0.1) is 18.5 Å². The number of anilines is 1. The number of hydrogen-bond donors (Lipinski definition) is 3. The first-order chi connectivity index (χ1) is 14.7. The maximum atomic E-state index is 12.3. The minimum atomic E-state index is -0.506. The number of methoxy groups -OCH3 is 1. The zero-order valence-corrected chi connectivity index (χ0v) is 16.5. The summed E-state index contributed by atoms with van der Waals surface area (Å²) < 4.78 is 4.81. The molecule has 152 valence electrons.